The molecular formula is C13H23N3. The summed E-state index contributed by atoms with van der Waals surface area (Å²) in [4.78, 5) is 0. The van der Waals surface area contributed by atoms with Crippen molar-refractivity contribution >= 4 is 5.82 Å². The van der Waals surface area contributed by atoms with Crippen LogP contribution in [0.5, 0.6) is 0 Å². The van der Waals surface area contributed by atoms with E-state index in [1.54, 1.807) is 0 Å². The Labute approximate surface area is 98.2 Å². The fraction of sp³-hybridized carbons (Fsp3) is 0.769. The minimum atomic E-state index is 0.605. The largest absolute Gasteiger partial charge is 0.366 e. The summed E-state index contributed by atoms with van der Waals surface area (Å²) in [6.07, 6.45) is 3.93. The molecule has 0 radical (unpaired) electrons. The molecule has 0 bridgehead atoms. The van der Waals surface area contributed by atoms with Gasteiger partial charge < -0.3 is 5.32 Å². The zero-order valence-corrected chi connectivity index (χ0v) is 10.8. The van der Waals surface area contributed by atoms with E-state index in [1.807, 2.05) is 11.7 Å². The molecule has 1 fully saturated rings. The fourth-order valence-electron chi connectivity index (χ4n) is 2.91. The highest BCUT2D eigenvalue weighted by Crippen LogP contribution is 2.30. The topological polar surface area (TPSA) is 29.9 Å². The zero-order valence-electron chi connectivity index (χ0n) is 10.8. The van der Waals surface area contributed by atoms with Crippen molar-refractivity contribution in [2.45, 2.75) is 46.1 Å². The maximum absolute atomic E-state index is 4.46. The maximum atomic E-state index is 4.46. The third-order valence-electron chi connectivity index (χ3n) is 3.64. The number of hydrogen-bond donors (Lipinski definition) is 1. The number of nitrogens with one attached hydrogen (secondary N) is 1. The van der Waals surface area contributed by atoms with Gasteiger partial charge in [0.05, 0.1) is 0 Å². The second kappa shape index (κ2) is 4.48. The highest BCUT2D eigenvalue weighted by atomic mass is 15.3. The van der Waals surface area contributed by atoms with Gasteiger partial charge in [-0.1, -0.05) is 13.8 Å². The molecule has 2 unspecified atom stereocenters. The van der Waals surface area contributed by atoms with Crippen molar-refractivity contribution < 1.29 is 0 Å². The number of aryl methyl sites for hydroxylation is 2. The van der Waals surface area contributed by atoms with Crippen LogP contribution in [0, 0.1) is 18.8 Å². The van der Waals surface area contributed by atoms with Gasteiger partial charge >= 0.3 is 0 Å². The molecule has 16 heavy (non-hydrogen) atoms. The van der Waals surface area contributed by atoms with Gasteiger partial charge in [-0.15, -0.1) is 0 Å². The number of anilines is 1. The first-order valence-corrected chi connectivity index (χ1v) is 6.31. The molecule has 3 heteroatoms. The molecule has 1 aliphatic rings. The van der Waals surface area contributed by atoms with Crippen LogP contribution in [0.4, 0.5) is 5.82 Å². The molecule has 0 saturated heterocycles. The van der Waals surface area contributed by atoms with E-state index in [0.29, 0.717) is 6.04 Å². The van der Waals surface area contributed by atoms with Crippen molar-refractivity contribution in [2.75, 3.05) is 5.32 Å². The SMILES string of the molecule is Cc1cc(NC2CC(C)CC(C)C2)nn1C. The molecule has 3 nitrogen and oxygen atoms in total. The molecule has 1 aromatic rings. The molecular weight excluding hydrogens is 198 g/mol. The average Bonchev–Trinajstić information content (AvgIpc) is 2.43. The van der Waals surface area contributed by atoms with E-state index in [1.165, 1.54) is 25.0 Å². The normalized spacial score (nSPS) is 30.4. The molecule has 1 heterocycles. The molecule has 0 spiro atoms. The lowest BCUT2D eigenvalue weighted by atomic mass is 9.80. The summed E-state index contributed by atoms with van der Waals surface area (Å²) < 4.78 is 1.93. The second-order valence-corrected chi connectivity index (χ2v) is 5.55. The Morgan fingerprint density at radius 2 is 1.88 bits per heavy atom. The van der Waals surface area contributed by atoms with Crippen LogP contribution >= 0.6 is 0 Å². The summed E-state index contributed by atoms with van der Waals surface area (Å²) >= 11 is 0. The molecule has 1 saturated carbocycles. The van der Waals surface area contributed by atoms with Crippen LogP contribution in [-0.4, -0.2) is 15.8 Å². The van der Waals surface area contributed by atoms with E-state index in [-0.39, 0.29) is 0 Å². The Morgan fingerprint density at radius 1 is 1.25 bits per heavy atom. The van der Waals surface area contributed by atoms with E-state index in [9.17, 15) is 0 Å². The fourth-order valence-corrected chi connectivity index (χ4v) is 2.91. The zero-order chi connectivity index (χ0) is 11.7. The average molecular weight is 221 g/mol. The predicted molar refractivity (Wildman–Crippen MR) is 67.5 cm³/mol. The van der Waals surface area contributed by atoms with Gasteiger partial charge in [0.1, 0.15) is 5.82 Å². The van der Waals surface area contributed by atoms with Gasteiger partial charge in [-0.2, -0.15) is 5.10 Å². The van der Waals surface area contributed by atoms with Gasteiger partial charge in [0.15, 0.2) is 0 Å². The lowest BCUT2D eigenvalue weighted by Crippen LogP contribution is -2.30. The smallest absolute Gasteiger partial charge is 0.148 e. The monoisotopic (exact) mass is 221 g/mol. The lowest BCUT2D eigenvalue weighted by molar-refractivity contribution is 0.280. The minimum absolute atomic E-state index is 0.605. The van der Waals surface area contributed by atoms with Crippen LogP contribution < -0.4 is 5.32 Å². The molecule has 2 rings (SSSR count). The highest BCUT2D eigenvalue weighted by Gasteiger charge is 2.24. The van der Waals surface area contributed by atoms with Crippen molar-refractivity contribution in [3.63, 3.8) is 0 Å². The third-order valence-corrected chi connectivity index (χ3v) is 3.64. The minimum Gasteiger partial charge on any atom is -0.366 e. The van der Waals surface area contributed by atoms with Gasteiger partial charge in [0.25, 0.3) is 0 Å². The number of aromatic nitrogens is 2. The van der Waals surface area contributed by atoms with E-state index < -0.39 is 0 Å². The van der Waals surface area contributed by atoms with Gasteiger partial charge in [0, 0.05) is 24.8 Å². The van der Waals surface area contributed by atoms with Crippen molar-refractivity contribution in [3.8, 4) is 0 Å². The first-order valence-electron chi connectivity index (χ1n) is 6.31. The quantitative estimate of drug-likeness (QED) is 0.832. The Balaban J connectivity index is 1.98. The Morgan fingerprint density at radius 3 is 2.38 bits per heavy atom. The van der Waals surface area contributed by atoms with Crippen LogP contribution in [0.3, 0.4) is 0 Å². The third kappa shape index (κ3) is 2.57. The standard InChI is InChI=1S/C13H23N3/c1-9-5-10(2)7-12(6-9)14-13-8-11(3)16(4)15-13/h8-10,12H,5-7H2,1-4H3,(H,14,15). The molecule has 0 aromatic carbocycles. The van der Waals surface area contributed by atoms with Crippen molar-refractivity contribution in [1.82, 2.24) is 9.78 Å². The van der Waals surface area contributed by atoms with Crippen molar-refractivity contribution in [1.29, 1.82) is 0 Å². The van der Waals surface area contributed by atoms with Crippen molar-refractivity contribution in [2.24, 2.45) is 18.9 Å². The van der Waals surface area contributed by atoms with Crippen LogP contribution in [0.25, 0.3) is 0 Å². The first kappa shape index (κ1) is 11.5. The Kier molecular flexibility index (Phi) is 3.22. The Hall–Kier alpha value is -0.990. The molecule has 0 amide bonds. The molecule has 90 valence electrons. The van der Waals surface area contributed by atoms with Crippen LogP contribution in [0.15, 0.2) is 6.07 Å². The van der Waals surface area contributed by atoms with Crippen LogP contribution in [0.1, 0.15) is 38.8 Å². The summed E-state index contributed by atoms with van der Waals surface area (Å²) in [5, 5.41) is 8.03. The van der Waals surface area contributed by atoms with Gasteiger partial charge in [-0.3, -0.25) is 4.68 Å². The van der Waals surface area contributed by atoms with Crippen molar-refractivity contribution in [3.05, 3.63) is 11.8 Å². The number of rotatable bonds is 2. The second-order valence-electron chi connectivity index (χ2n) is 5.55. The molecule has 0 aliphatic heterocycles. The molecule has 2 atom stereocenters. The van der Waals surface area contributed by atoms with E-state index in [0.717, 1.165) is 17.7 Å². The van der Waals surface area contributed by atoms with E-state index >= 15 is 0 Å². The van der Waals surface area contributed by atoms with Crippen LogP contribution in [0.2, 0.25) is 0 Å². The first-order chi connectivity index (χ1) is 7.54. The number of hydrogen-bond acceptors (Lipinski definition) is 2. The van der Waals surface area contributed by atoms with Gasteiger partial charge in [-0.25, -0.2) is 0 Å². The lowest BCUT2D eigenvalue weighted by Gasteiger charge is -2.31. The molecule has 1 aromatic heterocycles. The summed E-state index contributed by atoms with van der Waals surface area (Å²) in [5.41, 5.74) is 1.21. The molecule has 1 aliphatic carbocycles. The Bertz CT molecular complexity index is 327. The maximum Gasteiger partial charge on any atom is 0.148 e. The summed E-state index contributed by atoms with van der Waals surface area (Å²) in [6.45, 7) is 6.80. The van der Waals surface area contributed by atoms with E-state index in [4.69, 9.17) is 0 Å². The van der Waals surface area contributed by atoms with Gasteiger partial charge in [0.2, 0.25) is 0 Å². The molecule has 1 N–H and O–H groups in total. The summed E-state index contributed by atoms with van der Waals surface area (Å²) in [5.74, 6) is 2.71. The predicted octanol–water partition coefficient (Wildman–Crippen LogP) is 2.97. The summed E-state index contributed by atoms with van der Waals surface area (Å²) in [6, 6.07) is 2.73. The van der Waals surface area contributed by atoms with Crippen LogP contribution in [-0.2, 0) is 7.05 Å². The van der Waals surface area contributed by atoms with Gasteiger partial charge in [-0.05, 0) is 38.0 Å². The van der Waals surface area contributed by atoms with E-state index in [2.05, 4.69) is 37.3 Å². The summed E-state index contributed by atoms with van der Waals surface area (Å²) in [7, 11) is 1.99. The highest BCUT2D eigenvalue weighted by molar-refractivity contribution is 5.36. The number of nitrogens with zero attached hydrogens (tertiary/aromatic N) is 2.